The van der Waals surface area contributed by atoms with Gasteiger partial charge in [0.15, 0.2) is 5.75 Å². The molecule has 5 heteroatoms. The van der Waals surface area contributed by atoms with Crippen molar-refractivity contribution in [1.82, 2.24) is 0 Å². The third-order valence-electron chi connectivity index (χ3n) is 2.41. The van der Waals surface area contributed by atoms with Crippen LogP contribution in [0.5, 0.6) is 5.75 Å². The molecule has 0 fully saturated rings. The van der Waals surface area contributed by atoms with Crippen molar-refractivity contribution in [2.75, 3.05) is 6.61 Å². The van der Waals surface area contributed by atoms with Crippen LogP contribution in [0.15, 0.2) is 18.2 Å². The fourth-order valence-electron chi connectivity index (χ4n) is 1.46. The van der Waals surface area contributed by atoms with Crippen molar-refractivity contribution < 1.29 is 14.8 Å². The maximum absolute atomic E-state index is 10.8. The van der Waals surface area contributed by atoms with E-state index in [1.807, 2.05) is 0 Å². The zero-order chi connectivity index (χ0) is 12.7. The van der Waals surface area contributed by atoms with Gasteiger partial charge in [-0.3, -0.25) is 10.1 Å². The summed E-state index contributed by atoms with van der Waals surface area (Å²) in [5.41, 5.74) is 0.422. The van der Waals surface area contributed by atoms with Crippen molar-refractivity contribution in [3.63, 3.8) is 0 Å². The average molecular weight is 239 g/mol. The first kappa shape index (κ1) is 13.4. The molecule has 0 saturated carbocycles. The van der Waals surface area contributed by atoms with E-state index in [4.69, 9.17) is 9.84 Å². The lowest BCUT2D eigenvalue weighted by Gasteiger charge is -2.07. The molecule has 0 bridgehead atoms. The first-order chi connectivity index (χ1) is 8.19. The van der Waals surface area contributed by atoms with Gasteiger partial charge < -0.3 is 9.84 Å². The van der Waals surface area contributed by atoms with E-state index < -0.39 is 4.92 Å². The minimum absolute atomic E-state index is 0.0898. The summed E-state index contributed by atoms with van der Waals surface area (Å²) in [6.45, 7) is 2.35. The van der Waals surface area contributed by atoms with Gasteiger partial charge in [0, 0.05) is 6.07 Å². The van der Waals surface area contributed by atoms with Gasteiger partial charge in [-0.1, -0.05) is 25.8 Å². The Kier molecular flexibility index (Phi) is 5.42. The van der Waals surface area contributed by atoms with Crippen LogP contribution >= 0.6 is 0 Å². The first-order valence-electron chi connectivity index (χ1n) is 5.70. The molecule has 1 aromatic rings. The Labute approximate surface area is 100 Å². The highest BCUT2D eigenvalue weighted by Gasteiger charge is 2.15. The molecule has 0 aromatic heterocycles. The SMILES string of the molecule is CCCCCOc1ccc(CO)cc1[N+](=O)[O-]. The second-order valence-electron chi connectivity index (χ2n) is 3.77. The van der Waals surface area contributed by atoms with E-state index in [-0.39, 0.29) is 18.0 Å². The Hall–Kier alpha value is -1.62. The third-order valence-corrected chi connectivity index (χ3v) is 2.41. The molecule has 1 N–H and O–H groups in total. The quantitative estimate of drug-likeness (QED) is 0.451. The molecule has 0 atom stereocenters. The summed E-state index contributed by atoms with van der Waals surface area (Å²) >= 11 is 0. The highest BCUT2D eigenvalue weighted by Crippen LogP contribution is 2.28. The molecule has 0 unspecified atom stereocenters. The summed E-state index contributed by atoms with van der Waals surface area (Å²) in [6, 6.07) is 4.51. The second-order valence-corrected chi connectivity index (χ2v) is 3.77. The van der Waals surface area contributed by atoms with Crippen LogP contribution < -0.4 is 4.74 Å². The number of aliphatic hydroxyl groups excluding tert-OH is 1. The predicted molar refractivity (Wildman–Crippen MR) is 64.0 cm³/mol. The smallest absolute Gasteiger partial charge is 0.311 e. The van der Waals surface area contributed by atoms with Gasteiger partial charge >= 0.3 is 5.69 Å². The van der Waals surface area contributed by atoms with Crippen molar-refractivity contribution >= 4 is 5.69 Å². The Morgan fingerprint density at radius 1 is 1.41 bits per heavy atom. The van der Waals surface area contributed by atoms with Gasteiger partial charge in [0.2, 0.25) is 0 Å². The summed E-state index contributed by atoms with van der Waals surface area (Å²) in [7, 11) is 0. The number of rotatable bonds is 7. The van der Waals surface area contributed by atoms with Crippen LogP contribution in [0.1, 0.15) is 31.7 Å². The molecule has 0 aliphatic heterocycles. The predicted octanol–water partition coefficient (Wildman–Crippen LogP) is 2.66. The van der Waals surface area contributed by atoms with Crippen molar-refractivity contribution in [3.8, 4) is 5.75 Å². The zero-order valence-corrected chi connectivity index (χ0v) is 9.89. The summed E-state index contributed by atoms with van der Waals surface area (Å²) in [5, 5.41) is 19.7. The molecule has 5 nitrogen and oxygen atoms in total. The van der Waals surface area contributed by atoms with Crippen LogP contribution in [0.2, 0.25) is 0 Å². The molecule has 0 saturated heterocycles. The minimum atomic E-state index is -0.492. The molecule has 0 radical (unpaired) electrons. The van der Waals surface area contributed by atoms with E-state index in [1.165, 1.54) is 12.1 Å². The van der Waals surface area contributed by atoms with Crippen molar-refractivity contribution in [1.29, 1.82) is 0 Å². The maximum atomic E-state index is 10.8. The largest absolute Gasteiger partial charge is 0.487 e. The van der Waals surface area contributed by atoms with Crippen LogP contribution in [-0.2, 0) is 6.61 Å². The summed E-state index contributed by atoms with van der Waals surface area (Å²) < 4.78 is 5.38. The third kappa shape index (κ3) is 4.03. The fraction of sp³-hybridized carbons (Fsp3) is 0.500. The van der Waals surface area contributed by atoms with Crippen molar-refractivity contribution in [3.05, 3.63) is 33.9 Å². The molecule has 0 aliphatic carbocycles. The van der Waals surface area contributed by atoms with E-state index in [0.29, 0.717) is 12.2 Å². The van der Waals surface area contributed by atoms with Gasteiger partial charge in [-0.05, 0) is 18.1 Å². The molecule has 17 heavy (non-hydrogen) atoms. The first-order valence-corrected chi connectivity index (χ1v) is 5.70. The number of hydrogen-bond acceptors (Lipinski definition) is 4. The second kappa shape index (κ2) is 6.85. The molecule has 0 spiro atoms. The monoisotopic (exact) mass is 239 g/mol. The van der Waals surface area contributed by atoms with Gasteiger partial charge in [0.05, 0.1) is 18.1 Å². The van der Waals surface area contributed by atoms with Crippen molar-refractivity contribution in [2.45, 2.75) is 32.8 Å². The van der Waals surface area contributed by atoms with Gasteiger partial charge in [-0.2, -0.15) is 0 Å². The Balaban J connectivity index is 2.73. The standard InChI is InChI=1S/C12H17NO4/c1-2-3-4-7-17-12-6-5-10(9-14)8-11(12)13(15)16/h5-6,8,14H,2-4,7,9H2,1H3. The number of benzene rings is 1. The maximum Gasteiger partial charge on any atom is 0.311 e. The fourth-order valence-corrected chi connectivity index (χ4v) is 1.46. The lowest BCUT2D eigenvalue weighted by molar-refractivity contribution is -0.386. The molecular weight excluding hydrogens is 222 g/mol. The number of ether oxygens (including phenoxy) is 1. The molecule has 0 amide bonds. The zero-order valence-electron chi connectivity index (χ0n) is 9.89. The summed E-state index contributed by atoms with van der Waals surface area (Å²) in [6.07, 6.45) is 3.01. The molecular formula is C12H17NO4. The molecule has 0 heterocycles. The van der Waals surface area contributed by atoms with E-state index in [2.05, 4.69) is 6.92 Å². The van der Waals surface area contributed by atoms with E-state index in [0.717, 1.165) is 19.3 Å². The molecule has 1 aromatic carbocycles. The normalized spacial score (nSPS) is 10.2. The number of unbranched alkanes of at least 4 members (excludes halogenated alkanes) is 2. The van der Waals surface area contributed by atoms with Gasteiger partial charge in [-0.15, -0.1) is 0 Å². The number of hydrogen-bond donors (Lipinski definition) is 1. The average Bonchev–Trinajstić information content (AvgIpc) is 2.34. The summed E-state index contributed by atoms with van der Waals surface area (Å²) in [4.78, 5) is 10.3. The van der Waals surface area contributed by atoms with Crippen LogP contribution in [-0.4, -0.2) is 16.6 Å². The lowest BCUT2D eigenvalue weighted by Crippen LogP contribution is -2.01. The Morgan fingerprint density at radius 3 is 2.76 bits per heavy atom. The molecule has 1 rings (SSSR count). The Bertz CT molecular complexity index is 379. The summed E-state index contributed by atoms with van der Waals surface area (Å²) in [5.74, 6) is 0.267. The topological polar surface area (TPSA) is 72.6 Å². The van der Waals surface area contributed by atoms with E-state index in [9.17, 15) is 10.1 Å². The molecule has 0 aliphatic rings. The highest BCUT2D eigenvalue weighted by molar-refractivity contribution is 5.48. The number of nitrogens with zero attached hydrogens (tertiary/aromatic N) is 1. The highest BCUT2D eigenvalue weighted by atomic mass is 16.6. The minimum Gasteiger partial charge on any atom is -0.487 e. The van der Waals surface area contributed by atoms with Crippen LogP contribution in [0.4, 0.5) is 5.69 Å². The van der Waals surface area contributed by atoms with Gasteiger partial charge in [0.1, 0.15) is 0 Å². The van der Waals surface area contributed by atoms with Crippen LogP contribution in [0, 0.1) is 10.1 Å². The van der Waals surface area contributed by atoms with Crippen molar-refractivity contribution in [2.24, 2.45) is 0 Å². The number of nitro benzene ring substituents is 1. The Morgan fingerprint density at radius 2 is 2.18 bits per heavy atom. The van der Waals surface area contributed by atoms with E-state index >= 15 is 0 Å². The molecule has 94 valence electrons. The van der Waals surface area contributed by atoms with Gasteiger partial charge in [-0.25, -0.2) is 0 Å². The van der Waals surface area contributed by atoms with Gasteiger partial charge in [0.25, 0.3) is 0 Å². The van der Waals surface area contributed by atoms with Crippen LogP contribution in [0.3, 0.4) is 0 Å². The van der Waals surface area contributed by atoms with Crippen LogP contribution in [0.25, 0.3) is 0 Å². The number of aliphatic hydroxyl groups is 1. The van der Waals surface area contributed by atoms with E-state index in [1.54, 1.807) is 6.07 Å². The number of nitro groups is 1. The lowest BCUT2D eigenvalue weighted by atomic mass is 10.2.